The summed E-state index contributed by atoms with van der Waals surface area (Å²) in [5, 5.41) is 13.3. The summed E-state index contributed by atoms with van der Waals surface area (Å²) in [5.41, 5.74) is 2.02. The van der Waals surface area contributed by atoms with Crippen molar-refractivity contribution in [2.24, 2.45) is 0 Å². The molecule has 0 saturated heterocycles. The molecule has 1 aromatic heterocycles. The number of hydrogen-bond acceptors (Lipinski definition) is 7. The molecule has 0 aliphatic heterocycles. The zero-order valence-corrected chi connectivity index (χ0v) is 18.3. The van der Waals surface area contributed by atoms with Gasteiger partial charge in [-0.3, -0.25) is 4.79 Å². The second-order valence-electron chi connectivity index (χ2n) is 6.82. The average Bonchev–Trinajstić information content (AvgIpc) is 3.29. The minimum atomic E-state index is -0.571. The van der Waals surface area contributed by atoms with E-state index < -0.39 is 5.97 Å². The normalized spacial score (nSPS) is 11.5. The van der Waals surface area contributed by atoms with E-state index in [0.717, 1.165) is 5.56 Å². The van der Waals surface area contributed by atoms with Gasteiger partial charge in [0.05, 0.1) is 19.3 Å². The Bertz CT molecular complexity index is 1050. The minimum Gasteiger partial charge on any atom is -0.490 e. The van der Waals surface area contributed by atoms with Crippen LogP contribution in [-0.2, 0) is 9.53 Å². The highest BCUT2D eigenvalue weighted by molar-refractivity contribution is 5.94. The number of esters is 1. The van der Waals surface area contributed by atoms with Gasteiger partial charge in [-0.25, -0.2) is 4.79 Å². The third-order valence-corrected chi connectivity index (χ3v) is 4.57. The van der Waals surface area contributed by atoms with Crippen LogP contribution in [0.15, 0.2) is 48.5 Å². The molecule has 0 bridgehead atoms. The molecule has 0 saturated carbocycles. The van der Waals surface area contributed by atoms with Gasteiger partial charge in [-0.05, 0) is 44.5 Å². The predicted molar refractivity (Wildman–Crippen MR) is 117 cm³/mol. The molecule has 0 aliphatic carbocycles. The third kappa shape index (κ3) is 5.63. The lowest BCUT2D eigenvalue weighted by molar-refractivity contribution is -0.123. The van der Waals surface area contributed by atoms with Crippen molar-refractivity contribution in [2.45, 2.75) is 26.8 Å². The van der Waals surface area contributed by atoms with Crippen LogP contribution in [0.25, 0.3) is 11.3 Å². The van der Waals surface area contributed by atoms with E-state index in [0.29, 0.717) is 29.4 Å². The van der Waals surface area contributed by atoms with E-state index in [4.69, 9.17) is 14.2 Å². The van der Waals surface area contributed by atoms with Crippen molar-refractivity contribution < 1.29 is 23.8 Å². The van der Waals surface area contributed by atoms with Crippen LogP contribution in [0.5, 0.6) is 11.5 Å². The van der Waals surface area contributed by atoms with Crippen LogP contribution in [0.2, 0.25) is 0 Å². The van der Waals surface area contributed by atoms with Crippen molar-refractivity contribution >= 4 is 11.9 Å². The first-order valence-electron chi connectivity index (χ1n) is 10.4. The number of hydrogen-bond donors (Lipinski definition) is 2. The van der Waals surface area contributed by atoms with Gasteiger partial charge in [0.2, 0.25) is 0 Å². The van der Waals surface area contributed by atoms with Gasteiger partial charge in [0.15, 0.2) is 23.8 Å². The monoisotopic (exact) mass is 438 g/mol. The van der Waals surface area contributed by atoms with E-state index in [1.807, 2.05) is 44.2 Å². The van der Waals surface area contributed by atoms with Crippen molar-refractivity contribution in [1.82, 2.24) is 20.7 Å². The second-order valence-corrected chi connectivity index (χ2v) is 6.82. The first-order chi connectivity index (χ1) is 15.5. The van der Waals surface area contributed by atoms with Crippen LogP contribution >= 0.6 is 0 Å². The van der Waals surface area contributed by atoms with E-state index in [2.05, 4.69) is 20.7 Å². The Morgan fingerprint density at radius 3 is 2.50 bits per heavy atom. The lowest BCUT2D eigenvalue weighted by Gasteiger charge is -2.16. The molecule has 1 amide bonds. The van der Waals surface area contributed by atoms with Crippen molar-refractivity contribution in [2.75, 3.05) is 19.8 Å². The first-order valence-corrected chi connectivity index (χ1v) is 10.4. The fraction of sp³-hybridized carbons (Fsp3) is 0.304. The van der Waals surface area contributed by atoms with Crippen LogP contribution in [0.1, 0.15) is 42.9 Å². The number of ether oxygens (including phenoxy) is 3. The minimum absolute atomic E-state index is 0.0808. The van der Waals surface area contributed by atoms with E-state index in [1.54, 1.807) is 25.1 Å². The smallest absolute Gasteiger partial charge is 0.361 e. The van der Waals surface area contributed by atoms with Crippen LogP contribution in [0, 0.1) is 0 Å². The molecule has 0 radical (unpaired) electrons. The Kier molecular flexibility index (Phi) is 7.80. The van der Waals surface area contributed by atoms with Gasteiger partial charge in [0.1, 0.15) is 5.69 Å². The van der Waals surface area contributed by atoms with Gasteiger partial charge in [-0.1, -0.05) is 30.3 Å². The van der Waals surface area contributed by atoms with Gasteiger partial charge in [0, 0.05) is 5.56 Å². The molecule has 2 aromatic carbocycles. The Balaban J connectivity index is 1.71. The Labute approximate surface area is 186 Å². The number of nitrogens with one attached hydrogen (secondary N) is 2. The maximum atomic E-state index is 12.4. The molecule has 9 nitrogen and oxygen atoms in total. The molecule has 32 heavy (non-hydrogen) atoms. The van der Waals surface area contributed by atoms with Gasteiger partial charge < -0.3 is 19.5 Å². The molecule has 1 unspecified atom stereocenters. The summed E-state index contributed by atoms with van der Waals surface area (Å²) in [6.07, 6.45) is 0. The average molecular weight is 438 g/mol. The van der Waals surface area contributed by atoms with E-state index in [9.17, 15) is 9.59 Å². The summed E-state index contributed by atoms with van der Waals surface area (Å²) < 4.78 is 16.4. The van der Waals surface area contributed by atoms with Gasteiger partial charge in [-0.2, -0.15) is 10.3 Å². The molecule has 3 rings (SSSR count). The lowest BCUT2D eigenvalue weighted by Crippen LogP contribution is -2.31. The molecule has 3 aromatic rings. The lowest BCUT2D eigenvalue weighted by atomic mass is 10.1. The maximum absolute atomic E-state index is 12.4. The number of aromatic nitrogens is 3. The van der Waals surface area contributed by atoms with E-state index >= 15 is 0 Å². The summed E-state index contributed by atoms with van der Waals surface area (Å²) in [5.74, 6) is -0.00118. The van der Waals surface area contributed by atoms with Crippen molar-refractivity contribution in [3.05, 3.63) is 59.8 Å². The number of rotatable bonds is 10. The van der Waals surface area contributed by atoms with Crippen molar-refractivity contribution in [3.8, 4) is 22.8 Å². The SMILES string of the molecule is CCOC(=O)c1n[nH]nc1-c1ccc(OCC(=O)NC(C)c2ccccc2)c(OCC)c1. The molecular weight excluding hydrogens is 412 g/mol. The fourth-order valence-corrected chi connectivity index (χ4v) is 3.07. The van der Waals surface area contributed by atoms with Crippen LogP contribution in [0.4, 0.5) is 0 Å². The van der Waals surface area contributed by atoms with Gasteiger partial charge >= 0.3 is 5.97 Å². The van der Waals surface area contributed by atoms with E-state index in [1.165, 1.54) is 0 Å². The molecule has 1 atom stereocenters. The number of carbonyl (C=O) groups is 2. The fourth-order valence-electron chi connectivity index (χ4n) is 3.07. The Morgan fingerprint density at radius 2 is 1.78 bits per heavy atom. The molecular formula is C23H26N4O5. The van der Waals surface area contributed by atoms with Crippen molar-refractivity contribution in [1.29, 1.82) is 0 Å². The highest BCUT2D eigenvalue weighted by Gasteiger charge is 2.21. The molecule has 168 valence electrons. The number of aromatic amines is 1. The number of amides is 1. The number of H-pyrrole nitrogens is 1. The second kappa shape index (κ2) is 10.9. The highest BCUT2D eigenvalue weighted by Crippen LogP contribution is 2.33. The highest BCUT2D eigenvalue weighted by atomic mass is 16.5. The molecule has 9 heteroatoms. The summed E-state index contributed by atoms with van der Waals surface area (Å²) in [6.45, 7) is 5.91. The maximum Gasteiger partial charge on any atom is 0.361 e. The topological polar surface area (TPSA) is 115 Å². The van der Waals surface area contributed by atoms with Gasteiger partial charge in [-0.15, -0.1) is 5.10 Å². The predicted octanol–water partition coefficient (Wildman–Crippen LogP) is 3.30. The molecule has 1 heterocycles. The van der Waals surface area contributed by atoms with Crippen LogP contribution in [-0.4, -0.2) is 47.1 Å². The molecule has 0 fully saturated rings. The summed E-state index contributed by atoms with van der Waals surface area (Å²) in [4.78, 5) is 24.5. The zero-order chi connectivity index (χ0) is 22.9. The largest absolute Gasteiger partial charge is 0.490 e. The standard InChI is InChI=1S/C23H26N4O5/c1-4-30-19-13-17(21-22(26-27-25-21)23(29)31-5-2)11-12-18(19)32-14-20(28)24-15(3)16-9-7-6-8-10-16/h6-13,15H,4-5,14H2,1-3H3,(H,24,28)(H,25,26,27). The quantitative estimate of drug-likeness (QED) is 0.467. The van der Waals surface area contributed by atoms with Crippen LogP contribution < -0.4 is 14.8 Å². The molecule has 2 N–H and O–H groups in total. The Morgan fingerprint density at radius 1 is 1.00 bits per heavy atom. The first kappa shape index (κ1) is 22.8. The molecule has 0 spiro atoms. The number of carbonyl (C=O) groups excluding carboxylic acids is 2. The van der Waals surface area contributed by atoms with Crippen molar-refractivity contribution in [3.63, 3.8) is 0 Å². The van der Waals surface area contributed by atoms with E-state index in [-0.39, 0.29) is 30.9 Å². The summed E-state index contributed by atoms with van der Waals surface area (Å²) in [7, 11) is 0. The summed E-state index contributed by atoms with van der Waals surface area (Å²) in [6, 6.07) is 14.6. The summed E-state index contributed by atoms with van der Waals surface area (Å²) >= 11 is 0. The molecule has 0 aliphatic rings. The number of nitrogens with zero attached hydrogens (tertiary/aromatic N) is 2. The van der Waals surface area contributed by atoms with Gasteiger partial charge in [0.25, 0.3) is 5.91 Å². The third-order valence-electron chi connectivity index (χ3n) is 4.57. The zero-order valence-electron chi connectivity index (χ0n) is 18.3. The number of benzene rings is 2. The van der Waals surface area contributed by atoms with Crippen LogP contribution in [0.3, 0.4) is 0 Å². The Hall–Kier alpha value is -3.88.